The number of anilines is 3. The molecule has 1 amide bonds. The van der Waals surface area contributed by atoms with Crippen molar-refractivity contribution >= 4 is 23.0 Å². The lowest BCUT2D eigenvalue weighted by molar-refractivity contribution is 0.0828. The number of carbonyl (C=O) groups is 1. The molecule has 1 aliphatic rings. The highest BCUT2D eigenvalue weighted by Gasteiger charge is 2.25. The van der Waals surface area contributed by atoms with Crippen LogP contribution in [0.1, 0.15) is 29.3 Å². The van der Waals surface area contributed by atoms with Crippen molar-refractivity contribution in [2.45, 2.75) is 20.3 Å². The van der Waals surface area contributed by atoms with Gasteiger partial charge in [0.05, 0.1) is 29.7 Å². The van der Waals surface area contributed by atoms with Gasteiger partial charge in [-0.25, -0.2) is 0 Å². The lowest BCUT2D eigenvalue weighted by Gasteiger charge is -2.39. The largest absolute Gasteiger partial charge is 0.495 e. The standard InChI is InChI=1S/C24H34N4O2/c1-6-13-25-23-20(12-11-18(2)22(23)24(29)26(3)4)28-16-14-27(15-17-28)19-9-7-8-10-21(19)30-5/h7-12,25H,6,13-17H2,1-5H3. The summed E-state index contributed by atoms with van der Waals surface area (Å²) in [6.45, 7) is 8.57. The van der Waals surface area contributed by atoms with Crippen molar-refractivity contribution in [3.63, 3.8) is 0 Å². The van der Waals surface area contributed by atoms with Crippen molar-refractivity contribution in [2.75, 3.05) is 69.0 Å². The van der Waals surface area contributed by atoms with E-state index in [2.05, 4.69) is 46.3 Å². The van der Waals surface area contributed by atoms with E-state index in [9.17, 15) is 4.79 Å². The van der Waals surface area contributed by atoms with Crippen LogP contribution in [0.4, 0.5) is 17.1 Å². The molecule has 162 valence electrons. The van der Waals surface area contributed by atoms with Crippen LogP contribution in [0.5, 0.6) is 5.75 Å². The van der Waals surface area contributed by atoms with Crippen molar-refractivity contribution in [1.29, 1.82) is 0 Å². The van der Waals surface area contributed by atoms with Gasteiger partial charge in [0, 0.05) is 46.8 Å². The maximum atomic E-state index is 12.9. The van der Waals surface area contributed by atoms with Gasteiger partial charge in [0.2, 0.25) is 0 Å². The third-order valence-corrected chi connectivity index (χ3v) is 5.61. The van der Waals surface area contributed by atoms with Crippen molar-refractivity contribution in [1.82, 2.24) is 4.90 Å². The average molecular weight is 411 g/mol. The first kappa shape index (κ1) is 21.8. The molecule has 2 aromatic rings. The predicted molar refractivity (Wildman–Crippen MR) is 125 cm³/mol. The number of nitrogens with one attached hydrogen (secondary N) is 1. The molecule has 0 radical (unpaired) electrons. The number of methoxy groups -OCH3 is 1. The van der Waals surface area contributed by atoms with E-state index in [0.717, 1.165) is 73.1 Å². The van der Waals surface area contributed by atoms with Crippen molar-refractivity contribution < 1.29 is 9.53 Å². The lowest BCUT2D eigenvalue weighted by atomic mass is 10.0. The first-order chi connectivity index (χ1) is 14.5. The van der Waals surface area contributed by atoms with Crippen molar-refractivity contribution in [2.24, 2.45) is 0 Å². The zero-order valence-corrected chi connectivity index (χ0v) is 18.9. The number of piperazine rings is 1. The van der Waals surface area contributed by atoms with Gasteiger partial charge in [-0.2, -0.15) is 0 Å². The first-order valence-electron chi connectivity index (χ1n) is 10.7. The first-order valence-corrected chi connectivity index (χ1v) is 10.7. The summed E-state index contributed by atoms with van der Waals surface area (Å²) in [5, 5.41) is 3.54. The molecule has 0 bridgehead atoms. The average Bonchev–Trinajstić information content (AvgIpc) is 2.77. The van der Waals surface area contributed by atoms with Crippen LogP contribution in [0.15, 0.2) is 36.4 Å². The third-order valence-electron chi connectivity index (χ3n) is 5.61. The zero-order chi connectivity index (χ0) is 21.7. The fourth-order valence-corrected chi connectivity index (χ4v) is 3.97. The highest BCUT2D eigenvalue weighted by molar-refractivity contribution is 6.03. The Bertz CT molecular complexity index is 874. The van der Waals surface area contributed by atoms with Crippen LogP contribution in [-0.2, 0) is 0 Å². The van der Waals surface area contributed by atoms with E-state index < -0.39 is 0 Å². The van der Waals surface area contributed by atoms with E-state index in [-0.39, 0.29) is 5.91 Å². The van der Waals surface area contributed by atoms with Crippen LogP contribution in [0.3, 0.4) is 0 Å². The van der Waals surface area contributed by atoms with Gasteiger partial charge >= 0.3 is 0 Å². The zero-order valence-electron chi connectivity index (χ0n) is 18.9. The summed E-state index contributed by atoms with van der Waals surface area (Å²) in [5.41, 5.74) is 4.98. The Hall–Kier alpha value is -2.89. The van der Waals surface area contributed by atoms with Crippen LogP contribution >= 0.6 is 0 Å². The third kappa shape index (κ3) is 4.48. The number of carbonyl (C=O) groups excluding carboxylic acids is 1. The Labute approximate surface area is 180 Å². The molecule has 0 aromatic heterocycles. The van der Waals surface area contributed by atoms with Gasteiger partial charge in [0.25, 0.3) is 5.91 Å². The summed E-state index contributed by atoms with van der Waals surface area (Å²) in [5.74, 6) is 0.950. The fourth-order valence-electron chi connectivity index (χ4n) is 3.97. The van der Waals surface area contributed by atoms with Crippen LogP contribution < -0.4 is 19.9 Å². The fraction of sp³-hybridized carbons (Fsp3) is 0.458. The normalized spacial score (nSPS) is 13.9. The van der Waals surface area contributed by atoms with Gasteiger partial charge < -0.3 is 24.8 Å². The molecule has 6 nitrogen and oxygen atoms in total. The number of hydrogen-bond donors (Lipinski definition) is 1. The number of benzene rings is 2. The summed E-state index contributed by atoms with van der Waals surface area (Å²) in [6.07, 6.45) is 1.00. The van der Waals surface area contributed by atoms with E-state index in [1.165, 1.54) is 0 Å². The second-order valence-electron chi connectivity index (χ2n) is 7.92. The predicted octanol–water partition coefficient (Wildman–Crippen LogP) is 3.85. The summed E-state index contributed by atoms with van der Waals surface area (Å²) in [6, 6.07) is 12.4. The minimum atomic E-state index is 0.0422. The van der Waals surface area contributed by atoms with Crippen LogP contribution in [0, 0.1) is 6.92 Å². The number of ether oxygens (including phenoxy) is 1. The molecule has 30 heavy (non-hydrogen) atoms. The molecule has 0 atom stereocenters. The second kappa shape index (κ2) is 9.74. The summed E-state index contributed by atoms with van der Waals surface area (Å²) in [4.78, 5) is 19.3. The summed E-state index contributed by atoms with van der Waals surface area (Å²) in [7, 11) is 5.34. The Kier molecular flexibility index (Phi) is 7.08. The van der Waals surface area contributed by atoms with Gasteiger partial charge in [-0.3, -0.25) is 4.79 Å². The van der Waals surface area contributed by atoms with Crippen LogP contribution in [-0.4, -0.2) is 64.7 Å². The SMILES string of the molecule is CCCNc1c(N2CCN(c3ccccc3OC)CC2)ccc(C)c1C(=O)N(C)C. The molecule has 1 saturated heterocycles. The van der Waals surface area contributed by atoms with E-state index in [4.69, 9.17) is 4.74 Å². The van der Waals surface area contributed by atoms with E-state index in [1.54, 1.807) is 12.0 Å². The Morgan fingerprint density at radius 1 is 1.03 bits per heavy atom. The second-order valence-corrected chi connectivity index (χ2v) is 7.92. The molecule has 0 unspecified atom stereocenters. The van der Waals surface area contributed by atoms with E-state index >= 15 is 0 Å². The maximum absolute atomic E-state index is 12.9. The van der Waals surface area contributed by atoms with Gasteiger partial charge in [-0.05, 0) is 37.1 Å². The number of rotatable bonds is 7. The van der Waals surface area contributed by atoms with Gasteiger partial charge in [-0.1, -0.05) is 25.1 Å². The summed E-state index contributed by atoms with van der Waals surface area (Å²) >= 11 is 0. The Balaban J connectivity index is 1.87. The van der Waals surface area contributed by atoms with Gasteiger partial charge in [0.1, 0.15) is 5.75 Å². The minimum absolute atomic E-state index is 0.0422. The highest BCUT2D eigenvalue weighted by atomic mass is 16.5. The molecule has 2 aromatic carbocycles. The van der Waals surface area contributed by atoms with Crippen LogP contribution in [0.25, 0.3) is 0 Å². The molecule has 1 heterocycles. The molecule has 1 fully saturated rings. The Morgan fingerprint density at radius 2 is 1.67 bits per heavy atom. The number of nitrogens with zero attached hydrogens (tertiary/aromatic N) is 3. The van der Waals surface area contributed by atoms with Crippen LogP contribution in [0.2, 0.25) is 0 Å². The highest BCUT2D eigenvalue weighted by Crippen LogP contribution is 2.35. The smallest absolute Gasteiger partial charge is 0.255 e. The number of aryl methyl sites for hydroxylation is 1. The molecular weight excluding hydrogens is 376 g/mol. The minimum Gasteiger partial charge on any atom is -0.495 e. The quantitative estimate of drug-likeness (QED) is 0.751. The summed E-state index contributed by atoms with van der Waals surface area (Å²) < 4.78 is 5.54. The topological polar surface area (TPSA) is 48.1 Å². The molecule has 0 aliphatic carbocycles. The Morgan fingerprint density at radius 3 is 2.27 bits per heavy atom. The number of amides is 1. The number of para-hydroxylation sites is 2. The molecule has 6 heteroatoms. The van der Waals surface area contributed by atoms with E-state index in [1.807, 2.05) is 33.2 Å². The van der Waals surface area contributed by atoms with Gasteiger partial charge in [0.15, 0.2) is 0 Å². The molecular formula is C24H34N4O2. The monoisotopic (exact) mass is 410 g/mol. The molecule has 3 rings (SSSR count). The molecule has 0 saturated carbocycles. The molecule has 1 N–H and O–H groups in total. The molecule has 0 spiro atoms. The van der Waals surface area contributed by atoms with Gasteiger partial charge in [-0.15, -0.1) is 0 Å². The van der Waals surface area contributed by atoms with Crippen molar-refractivity contribution in [3.8, 4) is 5.75 Å². The lowest BCUT2D eigenvalue weighted by Crippen LogP contribution is -2.47. The van der Waals surface area contributed by atoms with E-state index in [0.29, 0.717) is 0 Å². The maximum Gasteiger partial charge on any atom is 0.255 e. The van der Waals surface area contributed by atoms with Crippen molar-refractivity contribution in [3.05, 3.63) is 47.5 Å². The number of hydrogen-bond acceptors (Lipinski definition) is 5. The molecule has 1 aliphatic heterocycles.